The lowest BCUT2D eigenvalue weighted by atomic mass is 10.1. The van der Waals surface area contributed by atoms with Crippen molar-refractivity contribution in [3.05, 3.63) is 49.1 Å². The number of hydrogen-bond donors (Lipinski definition) is 0. The lowest BCUT2D eigenvalue weighted by molar-refractivity contribution is -0.696. The fourth-order valence-corrected chi connectivity index (χ4v) is 1.62. The van der Waals surface area contributed by atoms with Crippen molar-refractivity contribution in [2.45, 2.75) is 19.9 Å². The Labute approximate surface area is 90.2 Å². The van der Waals surface area contributed by atoms with Crippen LogP contribution in [0.1, 0.15) is 13.3 Å². The minimum Gasteiger partial charge on any atom is -0.264 e. The summed E-state index contributed by atoms with van der Waals surface area (Å²) in [5.41, 5.74) is 2.39. The van der Waals surface area contributed by atoms with Gasteiger partial charge in [-0.1, -0.05) is 13.0 Å². The Hall–Kier alpha value is -1.70. The van der Waals surface area contributed by atoms with Gasteiger partial charge in [0.25, 0.3) is 0 Å². The Balaban J connectivity index is 2.33. The van der Waals surface area contributed by atoms with E-state index in [-0.39, 0.29) is 0 Å². The van der Waals surface area contributed by atoms with Crippen LogP contribution in [-0.4, -0.2) is 4.98 Å². The van der Waals surface area contributed by atoms with Crippen molar-refractivity contribution in [1.82, 2.24) is 4.98 Å². The van der Waals surface area contributed by atoms with Gasteiger partial charge in [-0.2, -0.15) is 0 Å². The molecule has 15 heavy (non-hydrogen) atoms. The van der Waals surface area contributed by atoms with Crippen LogP contribution >= 0.6 is 0 Å². The van der Waals surface area contributed by atoms with Crippen LogP contribution in [0.5, 0.6) is 0 Å². The van der Waals surface area contributed by atoms with Crippen LogP contribution in [0.15, 0.2) is 49.1 Å². The van der Waals surface area contributed by atoms with Crippen molar-refractivity contribution in [1.29, 1.82) is 0 Å². The summed E-state index contributed by atoms with van der Waals surface area (Å²) >= 11 is 0. The third-order valence-corrected chi connectivity index (χ3v) is 2.33. The van der Waals surface area contributed by atoms with E-state index in [9.17, 15) is 0 Å². The molecule has 2 aromatic heterocycles. The zero-order chi connectivity index (χ0) is 10.5. The first-order valence-corrected chi connectivity index (χ1v) is 5.29. The highest BCUT2D eigenvalue weighted by Gasteiger charge is 2.03. The molecule has 0 aromatic carbocycles. The fraction of sp³-hybridized carbons (Fsp3) is 0.231. The molecule has 0 bridgehead atoms. The summed E-state index contributed by atoms with van der Waals surface area (Å²) in [4.78, 5) is 4.13. The van der Waals surface area contributed by atoms with Crippen LogP contribution in [0, 0.1) is 0 Å². The summed E-state index contributed by atoms with van der Waals surface area (Å²) in [5, 5.41) is 0. The molecular formula is C13H15N2+. The predicted octanol–water partition coefficient (Wildman–Crippen LogP) is 2.45. The van der Waals surface area contributed by atoms with Crippen LogP contribution in [0.4, 0.5) is 0 Å². The van der Waals surface area contributed by atoms with Crippen molar-refractivity contribution in [3.8, 4) is 11.1 Å². The molecule has 0 aliphatic heterocycles. The largest absolute Gasteiger partial charge is 0.264 e. The van der Waals surface area contributed by atoms with Crippen molar-refractivity contribution >= 4 is 0 Å². The maximum atomic E-state index is 4.13. The second-order valence-electron chi connectivity index (χ2n) is 3.57. The predicted molar refractivity (Wildman–Crippen MR) is 60.2 cm³/mol. The zero-order valence-electron chi connectivity index (χ0n) is 8.93. The van der Waals surface area contributed by atoms with E-state index in [1.165, 1.54) is 11.1 Å². The average Bonchev–Trinajstić information content (AvgIpc) is 2.31. The molecule has 2 nitrogen and oxygen atoms in total. The van der Waals surface area contributed by atoms with Gasteiger partial charge in [0.15, 0.2) is 12.4 Å². The molecule has 2 aromatic rings. The molecule has 0 N–H and O–H groups in total. The normalized spacial score (nSPS) is 10.2. The van der Waals surface area contributed by atoms with Gasteiger partial charge < -0.3 is 0 Å². The lowest BCUT2D eigenvalue weighted by Crippen LogP contribution is -2.32. The standard InChI is InChI=1S/C13H15N2/c1-2-8-15-9-4-6-13(11-15)12-5-3-7-14-10-12/h3-7,9-11H,2,8H2,1H3/q+1. The Morgan fingerprint density at radius 1 is 1.20 bits per heavy atom. The summed E-state index contributed by atoms with van der Waals surface area (Å²) in [5.74, 6) is 0. The van der Waals surface area contributed by atoms with Crippen LogP contribution < -0.4 is 4.57 Å². The van der Waals surface area contributed by atoms with E-state index < -0.39 is 0 Å². The van der Waals surface area contributed by atoms with Gasteiger partial charge in [0.05, 0.1) is 0 Å². The molecule has 0 saturated carbocycles. The van der Waals surface area contributed by atoms with Gasteiger partial charge in [0.1, 0.15) is 6.54 Å². The first-order valence-electron chi connectivity index (χ1n) is 5.29. The molecule has 0 aliphatic carbocycles. The van der Waals surface area contributed by atoms with Crippen molar-refractivity contribution in [2.75, 3.05) is 0 Å². The van der Waals surface area contributed by atoms with Gasteiger partial charge in [0, 0.05) is 36.0 Å². The number of nitrogens with zero attached hydrogens (tertiary/aromatic N) is 2. The molecule has 0 unspecified atom stereocenters. The van der Waals surface area contributed by atoms with E-state index in [1.807, 2.05) is 12.3 Å². The maximum absolute atomic E-state index is 4.13. The van der Waals surface area contributed by atoms with E-state index in [4.69, 9.17) is 0 Å². The molecule has 0 atom stereocenters. The molecule has 0 saturated heterocycles. The number of pyridine rings is 2. The van der Waals surface area contributed by atoms with Gasteiger partial charge in [-0.15, -0.1) is 0 Å². The van der Waals surface area contributed by atoms with Crippen molar-refractivity contribution in [3.63, 3.8) is 0 Å². The topological polar surface area (TPSA) is 16.8 Å². The molecule has 76 valence electrons. The van der Waals surface area contributed by atoms with Crippen LogP contribution in [0.25, 0.3) is 11.1 Å². The lowest BCUT2D eigenvalue weighted by Gasteiger charge is -1.99. The zero-order valence-corrected chi connectivity index (χ0v) is 8.93. The quantitative estimate of drug-likeness (QED) is 0.694. The second-order valence-corrected chi connectivity index (χ2v) is 3.57. The van der Waals surface area contributed by atoms with Crippen LogP contribution in [0.3, 0.4) is 0 Å². The molecule has 0 amide bonds. The van der Waals surface area contributed by atoms with Crippen molar-refractivity contribution < 1.29 is 4.57 Å². The highest BCUT2D eigenvalue weighted by molar-refractivity contribution is 5.59. The molecular weight excluding hydrogens is 184 g/mol. The molecule has 0 spiro atoms. The second kappa shape index (κ2) is 4.69. The maximum Gasteiger partial charge on any atom is 0.176 e. The SMILES string of the molecule is CCC[n+]1cccc(-c2cccnc2)c1. The minimum atomic E-state index is 1.06. The van der Waals surface area contributed by atoms with E-state index in [0.29, 0.717) is 0 Å². The summed E-state index contributed by atoms with van der Waals surface area (Å²) in [6.07, 6.45) is 9.11. The van der Waals surface area contributed by atoms with E-state index in [0.717, 1.165) is 13.0 Å². The summed E-state index contributed by atoms with van der Waals surface area (Å²) in [7, 11) is 0. The van der Waals surface area contributed by atoms with Crippen LogP contribution in [-0.2, 0) is 6.54 Å². The first kappa shape index (κ1) is 9.84. The number of aromatic nitrogens is 2. The van der Waals surface area contributed by atoms with E-state index in [2.05, 4.69) is 47.1 Å². The Morgan fingerprint density at radius 3 is 2.80 bits per heavy atom. The summed E-state index contributed by atoms with van der Waals surface area (Å²) < 4.78 is 2.21. The third-order valence-electron chi connectivity index (χ3n) is 2.33. The van der Waals surface area contributed by atoms with Crippen LogP contribution in [0.2, 0.25) is 0 Å². The highest BCUT2D eigenvalue weighted by Crippen LogP contribution is 2.14. The number of aryl methyl sites for hydroxylation is 1. The summed E-state index contributed by atoms with van der Waals surface area (Å²) in [6, 6.07) is 8.24. The molecule has 2 heteroatoms. The average molecular weight is 199 g/mol. The number of rotatable bonds is 3. The third kappa shape index (κ3) is 2.40. The first-order chi connectivity index (χ1) is 7.40. The Morgan fingerprint density at radius 2 is 2.07 bits per heavy atom. The van der Waals surface area contributed by atoms with Gasteiger partial charge in [-0.3, -0.25) is 4.98 Å². The molecule has 0 fully saturated rings. The Kier molecular flexibility index (Phi) is 3.08. The smallest absolute Gasteiger partial charge is 0.176 e. The van der Waals surface area contributed by atoms with Gasteiger partial charge >= 0.3 is 0 Å². The fourth-order valence-electron chi connectivity index (χ4n) is 1.62. The van der Waals surface area contributed by atoms with E-state index >= 15 is 0 Å². The molecule has 0 radical (unpaired) electrons. The Bertz CT molecular complexity index is 424. The van der Waals surface area contributed by atoms with E-state index in [1.54, 1.807) is 6.20 Å². The molecule has 2 heterocycles. The molecule has 0 aliphatic rings. The number of hydrogen-bond acceptors (Lipinski definition) is 1. The summed E-state index contributed by atoms with van der Waals surface area (Å²) in [6.45, 7) is 3.25. The minimum absolute atomic E-state index is 1.06. The van der Waals surface area contributed by atoms with Gasteiger partial charge in [-0.05, 0) is 12.1 Å². The molecule has 2 rings (SSSR count). The van der Waals surface area contributed by atoms with Gasteiger partial charge in [0.2, 0.25) is 0 Å². The van der Waals surface area contributed by atoms with Crippen molar-refractivity contribution in [2.24, 2.45) is 0 Å². The highest BCUT2D eigenvalue weighted by atomic mass is 14.9. The van der Waals surface area contributed by atoms with Gasteiger partial charge in [-0.25, -0.2) is 4.57 Å². The monoisotopic (exact) mass is 199 g/mol.